The minimum atomic E-state index is -0.881. The van der Waals surface area contributed by atoms with Crippen molar-refractivity contribution in [2.24, 2.45) is 0 Å². The Labute approximate surface area is 134 Å². The van der Waals surface area contributed by atoms with E-state index in [1.807, 2.05) is 6.92 Å². The van der Waals surface area contributed by atoms with Crippen LogP contribution in [0.3, 0.4) is 0 Å². The van der Waals surface area contributed by atoms with E-state index < -0.39 is 12.1 Å². The molecule has 1 N–H and O–H groups in total. The Bertz CT molecular complexity index is 569. The molecular formula is C16H21NO6. The summed E-state index contributed by atoms with van der Waals surface area (Å²) in [5.74, 6) is 0.316. The molecule has 1 amide bonds. The van der Waals surface area contributed by atoms with E-state index in [4.69, 9.17) is 18.9 Å². The Kier molecular flexibility index (Phi) is 5.67. The van der Waals surface area contributed by atoms with Crippen molar-refractivity contribution in [1.29, 1.82) is 0 Å². The van der Waals surface area contributed by atoms with Crippen molar-refractivity contribution in [2.45, 2.75) is 26.4 Å². The lowest BCUT2D eigenvalue weighted by Crippen LogP contribution is -2.36. The van der Waals surface area contributed by atoms with Gasteiger partial charge in [-0.25, -0.2) is 4.79 Å². The molecule has 7 nitrogen and oxygen atoms in total. The van der Waals surface area contributed by atoms with Crippen LogP contribution in [-0.4, -0.2) is 44.8 Å². The Balaban J connectivity index is 2.11. The van der Waals surface area contributed by atoms with Crippen LogP contribution in [0, 0.1) is 0 Å². The first kappa shape index (κ1) is 16.9. The van der Waals surface area contributed by atoms with Gasteiger partial charge >= 0.3 is 5.97 Å². The summed E-state index contributed by atoms with van der Waals surface area (Å²) >= 11 is 0. The monoisotopic (exact) mass is 323 g/mol. The summed E-state index contributed by atoms with van der Waals surface area (Å²) < 4.78 is 21.3. The second-order valence-corrected chi connectivity index (χ2v) is 5.04. The lowest BCUT2D eigenvalue weighted by Gasteiger charge is -2.21. The third-order valence-corrected chi connectivity index (χ3v) is 3.27. The predicted molar refractivity (Wildman–Crippen MR) is 82.2 cm³/mol. The summed E-state index contributed by atoms with van der Waals surface area (Å²) in [6.45, 7) is 4.82. The number of esters is 1. The number of nitrogens with one attached hydrogen (secondary N) is 1. The second-order valence-electron chi connectivity index (χ2n) is 5.04. The van der Waals surface area contributed by atoms with Gasteiger partial charge in [0.15, 0.2) is 17.6 Å². The van der Waals surface area contributed by atoms with Gasteiger partial charge in [-0.3, -0.25) is 4.79 Å². The number of methoxy groups -OCH3 is 1. The van der Waals surface area contributed by atoms with Crippen LogP contribution in [0.2, 0.25) is 0 Å². The SMILES string of the molecule is CCCNC(=O)[C@H](C)OC(=O)c1cc(OC)c2c(c1)OCCO2. The minimum Gasteiger partial charge on any atom is -0.493 e. The number of benzene rings is 1. The molecule has 1 aromatic rings. The molecule has 7 heteroatoms. The Morgan fingerprint density at radius 1 is 1.30 bits per heavy atom. The van der Waals surface area contributed by atoms with Crippen molar-refractivity contribution in [3.63, 3.8) is 0 Å². The zero-order valence-corrected chi connectivity index (χ0v) is 13.5. The van der Waals surface area contributed by atoms with Gasteiger partial charge in [0.1, 0.15) is 13.2 Å². The first-order chi connectivity index (χ1) is 11.1. The van der Waals surface area contributed by atoms with Crippen LogP contribution < -0.4 is 19.5 Å². The van der Waals surface area contributed by atoms with E-state index in [0.29, 0.717) is 37.0 Å². The van der Waals surface area contributed by atoms with E-state index in [1.54, 1.807) is 0 Å². The molecule has 126 valence electrons. The lowest BCUT2D eigenvalue weighted by molar-refractivity contribution is -0.129. The summed E-state index contributed by atoms with van der Waals surface area (Å²) in [5.41, 5.74) is 0.237. The summed E-state index contributed by atoms with van der Waals surface area (Å²) in [7, 11) is 1.48. The molecular weight excluding hydrogens is 302 g/mol. The molecule has 1 aliphatic heterocycles. The first-order valence-corrected chi connectivity index (χ1v) is 7.53. The first-order valence-electron chi connectivity index (χ1n) is 7.53. The summed E-state index contributed by atoms with van der Waals surface area (Å²) in [6, 6.07) is 3.03. The van der Waals surface area contributed by atoms with Gasteiger partial charge in [-0.1, -0.05) is 6.92 Å². The Morgan fingerprint density at radius 3 is 2.74 bits per heavy atom. The quantitative estimate of drug-likeness (QED) is 0.800. The van der Waals surface area contributed by atoms with Crippen molar-refractivity contribution in [2.75, 3.05) is 26.9 Å². The van der Waals surface area contributed by atoms with Crippen molar-refractivity contribution < 1.29 is 28.5 Å². The number of hydrogen-bond donors (Lipinski definition) is 1. The lowest BCUT2D eigenvalue weighted by atomic mass is 10.1. The van der Waals surface area contributed by atoms with E-state index in [1.165, 1.54) is 26.2 Å². The van der Waals surface area contributed by atoms with Crippen molar-refractivity contribution in [1.82, 2.24) is 5.32 Å². The molecule has 2 rings (SSSR count). The molecule has 0 saturated heterocycles. The number of amides is 1. The number of fused-ring (bicyclic) bond motifs is 1. The highest BCUT2D eigenvalue weighted by molar-refractivity contribution is 5.93. The van der Waals surface area contributed by atoms with Gasteiger partial charge < -0.3 is 24.3 Å². The third kappa shape index (κ3) is 4.06. The second kappa shape index (κ2) is 7.71. The highest BCUT2D eigenvalue weighted by Crippen LogP contribution is 2.40. The maximum Gasteiger partial charge on any atom is 0.339 e. The highest BCUT2D eigenvalue weighted by Gasteiger charge is 2.24. The van der Waals surface area contributed by atoms with Crippen LogP contribution in [0.5, 0.6) is 17.2 Å². The molecule has 1 atom stereocenters. The fourth-order valence-electron chi connectivity index (χ4n) is 2.07. The van der Waals surface area contributed by atoms with Crippen LogP contribution in [0.1, 0.15) is 30.6 Å². The zero-order chi connectivity index (χ0) is 16.8. The van der Waals surface area contributed by atoms with Gasteiger partial charge in [0, 0.05) is 6.54 Å². The fourth-order valence-corrected chi connectivity index (χ4v) is 2.07. The average Bonchev–Trinajstić information content (AvgIpc) is 2.58. The summed E-state index contributed by atoms with van der Waals surface area (Å²) in [4.78, 5) is 24.0. The van der Waals surface area contributed by atoms with Gasteiger partial charge in [0.05, 0.1) is 12.7 Å². The molecule has 0 spiro atoms. The number of carbonyl (C=O) groups excluding carboxylic acids is 2. The van der Waals surface area contributed by atoms with Crippen molar-refractivity contribution in [3.05, 3.63) is 17.7 Å². The number of hydrogen-bond acceptors (Lipinski definition) is 6. The molecule has 23 heavy (non-hydrogen) atoms. The standard InChI is InChI=1S/C16H21NO6/c1-4-5-17-15(18)10(2)23-16(19)11-8-12(20-3)14-13(9-11)21-6-7-22-14/h8-10H,4-7H2,1-3H3,(H,17,18)/t10-/m0/s1. The molecule has 1 aromatic carbocycles. The summed E-state index contributed by atoms with van der Waals surface area (Å²) in [6.07, 6.45) is -0.0700. The molecule has 0 unspecified atom stereocenters. The highest BCUT2D eigenvalue weighted by atomic mass is 16.6. The van der Waals surface area contributed by atoms with E-state index in [-0.39, 0.29) is 11.5 Å². The molecule has 0 fully saturated rings. The molecule has 0 aromatic heterocycles. The topological polar surface area (TPSA) is 83.1 Å². The van der Waals surface area contributed by atoms with E-state index in [0.717, 1.165) is 6.42 Å². The van der Waals surface area contributed by atoms with Crippen molar-refractivity contribution in [3.8, 4) is 17.2 Å². The normalized spacial score (nSPS) is 13.9. The van der Waals surface area contributed by atoms with Crippen LogP contribution in [0.4, 0.5) is 0 Å². The van der Waals surface area contributed by atoms with Crippen LogP contribution in [0.25, 0.3) is 0 Å². The van der Waals surface area contributed by atoms with Crippen LogP contribution in [0.15, 0.2) is 12.1 Å². The Morgan fingerprint density at radius 2 is 2.04 bits per heavy atom. The van der Waals surface area contributed by atoms with Gasteiger partial charge in [-0.2, -0.15) is 0 Å². The Hall–Kier alpha value is -2.44. The maximum atomic E-state index is 12.2. The number of ether oxygens (including phenoxy) is 4. The molecule has 0 radical (unpaired) electrons. The van der Waals surface area contributed by atoms with E-state index >= 15 is 0 Å². The third-order valence-electron chi connectivity index (χ3n) is 3.27. The molecule has 0 saturated carbocycles. The molecule has 0 aliphatic carbocycles. The van der Waals surface area contributed by atoms with Gasteiger partial charge in [-0.15, -0.1) is 0 Å². The van der Waals surface area contributed by atoms with Crippen LogP contribution >= 0.6 is 0 Å². The van der Waals surface area contributed by atoms with E-state index in [2.05, 4.69) is 5.32 Å². The molecule has 1 aliphatic rings. The summed E-state index contributed by atoms with van der Waals surface area (Å²) in [5, 5.41) is 2.68. The van der Waals surface area contributed by atoms with E-state index in [9.17, 15) is 9.59 Å². The average molecular weight is 323 g/mol. The maximum absolute atomic E-state index is 12.2. The largest absolute Gasteiger partial charge is 0.493 e. The van der Waals surface area contributed by atoms with Gasteiger partial charge in [-0.05, 0) is 25.5 Å². The van der Waals surface area contributed by atoms with Crippen LogP contribution in [-0.2, 0) is 9.53 Å². The molecule has 0 bridgehead atoms. The fraction of sp³-hybridized carbons (Fsp3) is 0.500. The zero-order valence-electron chi connectivity index (χ0n) is 13.5. The van der Waals surface area contributed by atoms with Gasteiger partial charge in [0.25, 0.3) is 5.91 Å². The number of rotatable bonds is 6. The molecule has 1 heterocycles. The number of carbonyl (C=O) groups is 2. The smallest absolute Gasteiger partial charge is 0.339 e. The van der Waals surface area contributed by atoms with Crippen molar-refractivity contribution >= 4 is 11.9 Å². The minimum absolute atomic E-state index is 0.237. The van der Waals surface area contributed by atoms with Gasteiger partial charge in [0.2, 0.25) is 5.75 Å². The predicted octanol–water partition coefficient (Wildman–Crippen LogP) is 1.54.